The van der Waals surface area contributed by atoms with E-state index in [-0.39, 0.29) is 12.5 Å². The van der Waals surface area contributed by atoms with Crippen molar-refractivity contribution in [3.63, 3.8) is 0 Å². The molecule has 0 bridgehead atoms. The van der Waals surface area contributed by atoms with Crippen LogP contribution in [0.25, 0.3) is 0 Å². The number of amides is 2. The fourth-order valence-electron chi connectivity index (χ4n) is 1.57. The minimum atomic E-state index is -0.556. The molecule has 0 aromatic carbocycles. The molecule has 18 heavy (non-hydrogen) atoms. The Morgan fingerprint density at radius 3 is 2.61 bits per heavy atom. The van der Waals surface area contributed by atoms with Gasteiger partial charge in [-0.25, -0.2) is 4.79 Å². The molecule has 1 heterocycles. The molecule has 1 aliphatic heterocycles. The summed E-state index contributed by atoms with van der Waals surface area (Å²) in [5.41, 5.74) is 0.761. The lowest BCUT2D eigenvalue weighted by molar-refractivity contribution is -0.129. The van der Waals surface area contributed by atoms with E-state index in [1.807, 2.05) is 6.08 Å². The number of nitrogens with zero attached hydrogens (tertiary/aromatic N) is 1. The Labute approximate surface area is 108 Å². The minimum Gasteiger partial charge on any atom is -0.444 e. The molecule has 2 amide bonds. The van der Waals surface area contributed by atoms with Crippen LogP contribution in [0.15, 0.2) is 11.6 Å². The van der Waals surface area contributed by atoms with Crippen molar-refractivity contribution < 1.29 is 14.3 Å². The smallest absolute Gasteiger partial charge is 0.408 e. The zero-order valence-corrected chi connectivity index (χ0v) is 11.6. The van der Waals surface area contributed by atoms with E-state index in [0.717, 1.165) is 13.0 Å². The first-order chi connectivity index (χ1) is 8.28. The van der Waals surface area contributed by atoms with Crippen molar-refractivity contribution in [2.45, 2.75) is 39.7 Å². The van der Waals surface area contributed by atoms with Crippen LogP contribution in [0.1, 0.15) is 34.1 Å². The molecule has 0 aromatic rings. The zero-order chi connectivity index (χ0) is 13.8. The van der Waals surface area contributed by atoms with Gasteiger partial charge in [-0.05, 0) is 34.1 Å². The predicted octanol–water partition coefficient (Wildman–Crippen LogP) is 1.69. The summed E-state index contributed by atoms with van der Waals surface area (Å²) in [7, 11) is 0. The molecule has 0 fully saturated rings. The van der Waals surface area contributed by atoms with E-state index in [1.165, 1.54) is 5.57 Å². The first kappa shape index (κ1) is 14.5. The number of alkyl carbamates (subject to hydrolysis) is 1. The van der Waals surface area contributed by atoms with Gasteiger partial charge in [0, 0.05) is 13.1 Å². The molecular weight excluding hydrogens is 232 g/mol. The number of rotatable bonds is 2. The predicted molar refractivity (Wildman–Crippen MR) is 69.2 cm³/mol. The summed E-state index contributed by atoms with van der Waals surface area (Å²) >= 11 is 0. The van der Waals surface area contributed by atoms with Crippen molar-refractivity contribution in [1.29, 1.82) is 0 Å². The normalized spacial score (nSPS) is 16.0. The van der Waals surface area contributed by atoms with E-state index in [4.69, 9.17) is 4.74 Å². The number of hydrogen-bond acceptors (Lipinski definition) is 3. The van der Waals surface area contributed by atoms with Gasteiger partial charge in [-0.1, -0.05) is 11.6 Å². The second kappa shape index (κ2) is 5.89. The van der Waals surface area contributed by atoms with E-state index in [2.05, 4.69) is 12.2 Å². The number of hydrogen-bond donors (Lipinski definition) is 1. The van der Waals surface area contributed by atoms with E-state index in [0.29, 0.717) is 6.54 Å². The summed E-state index contributed by atoms with van der Waals surface area (Å²) in [6.07, 6.45) is 2.38. The summed E-state index contributed by atoms with van der Waals surface area (Å²) in [6.45, 7) is 8.74. The Morgan fingerprint density at radius 1 is 1.44 bits per heavy atom. The van der Waals surface area contributed by atoms with Gasteiger partial charge in [-0.3, -0.25) is 4.79 Å². The van der Waals surface area contributed by atoms with Gasteiger partial charge in [0.2, 0.25) is 5.91 Å². The van der Waals surface area contributed by atoms with Crippen molar-refractivity contribution in [2.24, 2.45) is 0 Å². The van der Waals surface area contributed by atoms with Gasteiger partial charge in [0.1, 0.15) is 12.1 Å². The van der Waals surface area contributed by atoms with E-state index < -0.39 is 11.7 Å². The molecule has 0 saturated heterocycles. The van der Waals surface area contributed by atoms with Crippen LogP contribution in [-0.4, -0.2) is 42.1 Å². The number of carbonyl (C=O) groups excluding carboxylic acids is 2. The summed E-state index contributed by atoms with van der Waals surface area (Å²) in [4.78, 5) is 24.9. The Bertz CT molecular complexity index is 356. The second-order valence-electron chi connectivity index (χ2n) is 5.50. The quantitative estimate of drug-likeness (QED) is 0.763. The fraction of sp³-hybridized carbons (Fsp3) is 0.692. The van der Waals surface area contributed by atoms with E-state index in [1.54, 1.807) is 25.7 Å². The molecule has 5 nitrogen and oxygen atoms in total. The molecule has 1 rings (SSSR count). The third-order valence-electron chi connectivity index (χ3n) is 2.57. The molecule has 1 N–H and O–H groups in total. The lowest BCUT2D eigenvalue weighted by atomic mass is 10.1. The average Bonchev–Trinajstić information content (AvgIpc) is 2.24. The molecule has 1 aliphatic rings. The topological polar surface area (TPSA) is 58.6 Å². The van der Waals surface area contributed by atoms with Gasteiger partial charge in [-0.2, -0.15) is 0 Å². The molecule has 0 spiro atoms. The molecule has 0 unspecified atom stereocenters. The molecule has 5 heteroatoms. The summed E-state index contributed by atoms with van der Waals surface area (Å²) in [5, 5.41) is 2.47. The molecule has 0 aliphatic carbocycles. The van der Waals surface area contributed by atoms with Gasteiger partial charge >= 0.3 is 6.09 Å². The Hall–Kier alpha value is -1.52. The van der Waals surface area contributed by atoms with Crippen LogP contribution in [0.3, 0.4) is 0 Å². The van der Waals surface area contributed by atoms with E-state index in [9.17, 15) is 9.59 Å². The van der Waals surface area contributed by atoms with Gasteiger partial charge in [-0.15, -0.1) is 0 Å². The molecule has 0 saturated carbocycles. The molecule has 102 valence electrons. The van der Waals surface area contributed by atoms with Crippen LogP contribution in [0, 0.1) is 0 Å². The maximum atomic E-state index is 11.8. The van der Waals surface area contributed by atoms with Gasteiger partial charge in [0.25, 0.3) is 0 Å². The monoisotopic (exact) mass is 254 g/mol. The highest BCUT2D eigenvalue weighted by Crippen LogP contribution is 2.09. The maximum Gasteiger partial charge on any atom is 0.408 e. The highest BCUT2D eigenvalue weighted by atomic mass is 16.6. The van der Waals surface area contributed by atoms with Crippen LogP contribution in [0.4, 0.5) is 4.79 Å². The maximum absolute atomic E-state index is 11.8. The van der Waals surface area contributed by atoms with Crippen molar-refractivity contribution in [3.05, 3.63) is 11.6 Å². The van der Waals surface area contributed by atoms with Crippen molar-refractivity contribution >= 4 is 12.0 Å². The third kappa shape index (κ3) is 5.21. The summed E-state index contributed by atoms with van der Waals surface area (Å²) < 4.78 is 5.06. The SMILES string of the molecule is CC1=CCN(C(=O)CNC(=O)OC(C)(C)C)CC1. The fourth-order valence-corrected chi connectivity index (χ4v) is 1.57. The van der Waals surface area contributed by atoms with Crippen molar-refractivity contribution in [1.82, 2.24) is 10.2 Å². The summed E-state index contributed by atoms with van der Waals surface area (Å²) in [6, 6.07) is 0. The van der Waals surface area contributed by atoms with E-state index >= 15 is 0 Å². The highest BCUT2D eigenvalue weighted by molar-refractivity contribution is 5.82. The average molecular weight is 254 g/mol. The Morgan fingerprint density at radius 2 is 2.11 bits per heavy atom. The molecule has 0 atom stereocenters. The zero-order valence-electron chi connectivity index (χ0n) is 11.6. The number of ether oxygens (including phenoxy) is 1. The number of nitrogens with one attached hydrogen (secondary N) is 1. The first-order valence-corrected chi connectivity index (χ1v) is 6.18. The minimum absolute atomic E-state index is 0.0121. The Kier molecular flexibility index (Phi) is 4.76. The lowest BCUT2D eigenvalue weighted by Gasteiger charge is -2.26. The lowest BCUT2D eigenvalue weighted by Crippen LogP contribution is -2.43. The highest BCUT2D eigenvalue weighted by Gasteiger charge is 2.19. The van der Waals surface area contributed by atoms with Crippen LogP contribution in [0.5, 0.6) is 0 Å². The molecule has 0 aromatic heterocycles. The third-order valence-corrected chi connectivity index (χ3v) is 2.57. The second-order valence-corrected chi connectivity index (χ2v) is 5.50. The van der Waals surface area contributed by atoms with Gasteiger partial charge in [0.05, 0.1) is 0 Å². The standard InChI is InChI=1S/C13H22N2O3/c1-10-5-7-15(8-6-10)11(16)9-14-12(17)18-13(2,3)4/h5H,6-9H2,1-4H3,(H,14,17). The molecular formula is C13H22N2O3. The first-order valence-electron chi connectivity index (χ1n) is 6.18. The van der Waals surface area contributed by atoms with Gasteiger partial charge in [0.15, 0.2) is 0 Å². The van der Waals surface area contributed by atoms with Crippen molar-refractivity contribution in [3.8, 4) is 0 Å². The van der Waals surface area contributed by atoms with Crippen molar-refractivity contribution in [2.75, 3.05) is 19.6 Å². The largest absolute Gasteiger partial charge is 0.444 e. The number of carbonyl (C=O) groups is 2. The Balaban J connectivity index is 2.31. The molecule has 0 radical (unpaired) electrons. The van der Waals surface area contributed by atoms with Gasteiger partial charge < -0.3 is 15.0 Å². The van der Waals surface area contributed by atoms with Crippen LogP contribution in [0.2, 0.25) is 0 Å². The van der Waals surface area contributed by atoms with Crippen LogP contribution in [-0.2, 0) is 9.53 Å². The summed E-state index contributed by atoms with van der Waals surface area (Å²) in [5.74, 6) is -0.0791. The van der Waals surface area contributed by atoms with Crippen LogP contribution >= 0.6 is 0 Å². The van der Waals surface area contributed by atoms with Crippen LogP contribution < -0.4 is 5.32 Å².